The van der Waals surface area contributed by atoms with E-state index in [1.807, 2.05) is 26.0 Å². The van der Waals surface area contributed by atoms with Crippen LogP contribution in [0.25, 0.3) is 0 Å². The van der Waals surface area contributed by atoms with Crippen molar-refractivity contribution in [2.24, 2.45) is 5.84 Å². The second-order valence-corrected chi connectivity index (χ2v) is 7.18. The fourth-order valence-electron chi connectivity index (χ4n) is 3.91. The number of carbonyl (C=O) groups excluding carboxylic acids is 1. The maximum absolute atomic E-state index is 12.4. The van der Waals surface area contributed by atoms with Crippen molar-refractivity contribution in [1.29, 1.82) is 0 Å². The molecule has 3 N–H and O–H groups in total. The third-order valence-electron chi connectivity index (χ3n) is 4.66. The predicted octanol–water partition coefficient (Wildman–Crippen LogP) is 2.56. The van der Waals surface area contributed by atoms with Gasteiger partial charge in [-0.3, -0.25) is 10.2 Å². The average molecular weight is 305 g/mol. The molecule has 5 heteroatoms. The Morgan fingerprint density at radius 1 is 1.45 bits per heavy atom. The van der Waals surface area contributed by atoms with Crippen molar-refractivity contribution >= 4 is 11.6 Å². The van der Waals surface area contributed by atoms with Crippen LogP contribution in [0.1, 0.15) is 52.5 Å². The van der Waals surface area contributed by atoms with Gasteiger partial charge in [-0.2, -0.15) is 0 Å². The number of nitrogens with two attached hydrogens (primary N) is 1. The number of hydrazine groups is 1. The number of para-hydroxylation sites is 1. The Bertz CT molecular complexity index is 581. The molecule has 1 heterocycles. The van der Waals surface area contributed by atoms with Crippen LogP contribution in [-0.2, 0) is 4.79 Å². The van der Waals surface area contributed by atoms with Crippen molar-refractivity contribution in [2.75, 3.05) is 12.0 Å². The molecule has 1 aromatic carbocycles. The van der Waals surface area contributed by atoms with Crippen molar-refractivity contribution in [1.82, 2.24) is 5.43 Å². The number of nitrogens with zero attached hydrogens (tertiary/aromatic N) is 1. The molecular weight excluding hydrogens is 278 g/mol. The van der Waals surface area contributed by atoms with Gasteiger partial charge in [0, 0.05) is 5.54 Å². The Labute approximate surface area is 132 Å². The predicted molar refractivity (Wildman–Crippen MR) is 89.0 cm³/mol. The van der Waals surface area contributed by atoms with Gasteiger partial charge < -0.3 is 9.64 Å². The zero-order valence-corrected chi connectivity index (χ0v) is 14.4. The Hall–Kier alpha value is -1.75. The lowest BCUT2D eigenvalue weighted by molar-refractivity contribution is -0.126. The SMILES string of the molecule is COc1cccc2c1N(C(C)(C)C(=O)NN)C(C)(C)C[C@H]2C. The fourth-order valence-corrected chi connectivity index (χ4v) is 3.91. The summed E-state index contributed by atoms with van der Waals surface area (Å²) < 4.78 is 5.59. The van der Waals surface area contributed by atoms with Crippen LogP contribution in [0.4, 0.5) is 5.69 Å². The molecule has 1 atom stereocenters. The number of ether oxygens (including phenoxy) is 1. The molecule has 1 aromatic rings. The largest absolute Gasteiger partial charge is 0.495 e. The van der Waals surface area contributed by atoms with Crippen molar-refractivity contribution in [3.05, 3.63) is 23.8 Å². The van der Waals surface area contributed by atoms with E-state index in [1.165, 1.54) is 5.56 Å². The van der Waals surface area contributed by atoms with Crippen LogP contribution in [0.3, 0.4) is 0 Å². The summed E-state index contributed by atoms with van der Waals surface area (Å²) in [6.07, 6.45) is 0.953. The van der Waals surface area contributed by atoms with E-state index < -0.39 is 5.54 Å². The van der Waals surface area contributed by atoms with Crippen LogP contribution < -0.4 is 20.9 Å². The Kier molecular flexibility index (Phi) is 4.13. The summed E-state index contributed by atoms with van der Waals surface area (Å²) in [6, 6.07) is 6.05. The number of rotatable bonds is 3. The molecule has 0 aromatic heterocycles. The molecular formula is C17H27N3O2. The smallest absolute Gasteiger partial charge is 0.259 e. The number of anilines is 1. The van der Waals surface area contributed by atoms with Gasteiger partial charge in [0.25, 0.3) is 5.91 Å². The van der Waals surface area contributed by atoms with Gasteiger partial charge in [-0.05, 0) is 51.7 Å². The molecule has 0 aliphatic carbocycles. The lowest BCUT2D eigenvalue weighted by atomic mass is 9.76. The monoisotopic (exact) mass is 305 g/mol. The minimum Gasteiger partial charge on any atom is -0.495 e. The number of carbonyl (C=O) groups is 1. The summed E-state index contributed by atoms with van der Waals surface area (Å²) in [6.45, 7) is 10.3. The van der Waals surface area contributed by atoms with Crippen LogP contribution in [-0.4, -0.2) is 24.1 Å². The topological polar surface area (TPSA) is 67.6 Å². The number of nitrogens with one attached hydrogen (secondary N) is 1. The van der Waals surface area contributed by atoms with Gasteiger partial charge in [0.1, 0.15) is 11.3 Å². The number of benzene rings is 1. The van der Waals surface area contributed by atoms with Crippen LogP contribution in [0.2, 0.25) is 0 Å². The average Bonchev–Trinajstić information content (AvgIpc) is 2.44. The molecule has 22 heavy (non-hydrogen) atoms. The molecule has 0 saturated carbocycles. The lowest BCUT2D eigenvalue weighted by Crippen LogP contribution is -2.65. The fraction of sp³-hybridized carbons (Fsp3) is 0.588. The number of amides is 1. The Balaban J connectivity index is 2.72. The van der Waals surface area contributed by atoms with E-state index in [2.05, 4.69) is 37.2 Å². The lowest BCUT2D eigenvalue weighted by Gasteiger charge is -2.54. The normalized spacial score (nSPS) is 20.3. The van der Waals surface area contributed by atoms with Gasteiger partial charge in [-0.15, -0.1) is 0 Å². The maximum Gasteiger partial charge on any atom is 0.259 e. The number of hydrogen-bond donors (Lipinski definition) is 2. The van der Waals surface area contributed by atoms with E-state index in [-0.39, 0.29) is 11.4 Å². The van der Waals surface area contributed by atoms with E-state index >= 15 is 0 Å². The van der Waals surface area contributed by atoms with Crippen LogP contribution in [0.5, 0.6) is 5.75 Å². The first kappa shape index (κ1) is 16.6. The summed E-state index contributed by atoms with van der Waals surface area (Å²) in [4.78, 5) is 14.5. The molecule has 122 valence electrons. The van der Waals surface area contributed by atoms with E-state index in [0.29, 0.717) is 5.92 Å². The van der Waals surface area contributed by atoms with Gasteiger partial charge in [-0.25, -0.2) is 5.84 Å². The van der Waals surface area contributed by atoms with Gasteiger partial charge in [0.15, 0.2) is 0 Å². The molecule has 5 nitrogen and oxygen atoms in total. The summed E-state index contributed by atoms with van der Waals surface area (Å²) in [5.41, 5.74) is 3.50. The van der Waals surface area contributed by atoms with E-state index in [1.54, 1.807) is 7.11 Å². The number of hydrogen-bond acceptors (Lipinski definition) is 4. The zero-order chi connectivity index (χ0) is 16.7. The number of methoxy groups -OCH3 is 1. The first-order valence-corrected chi connectivity index (χ1v) is 7.65. The molecule has 0 bridgehead atoms. The first-order valence-electron chi connectivity index (χ1n) is 7.65. The highest BCUT2D eigenvalue weighted by molar-refractivity contribution is 5.90. The molecule has 2 rings (SSSR count). The standard InChI is InChI=1S/C17H27N3O2/c1-11-10-16(2,3)20(17(4,5)15(21)19-18)14-12(11)8-7-9-13(14)22-6/h7-9,11H,10,18H2,1-6H3,(H,19,21)/t11-/m1/s1. The summed E-state index contributed by atoms with van der Waals surface area (Å²) in [5.74, 6) is 6.38. The Morgan fingerprint density at radius 3 is 2.64 bits per heavy atom. The second-order valence-electron chi connectivity index (χ2n) is 7.18. The number of fused-ring (bicyclic) bond motifs is 1. The van der Waals surface area contributed by atoms with Gasteiger partial charge in [0.05, 0.1) is 12.8 Å². The third-order valence-corrected chi connectivity index (χ3v) is 4.66. The highest BCUT2D eigenvalue weighted by atomic mass is 16.5. The van der Waals surface area contributed by atoms with Gasteiger partial charge in [0.2, 0.25) is 0 Å². The molecule has 0 spiro atoms. The van der Waals surface area contributed by atoms with Crippen molar-refractivity contribution in [2.45, 2.75) is 58.0 Å². The molecule has 0 radical (unpaired) electrons. The highest BCUT2D eigenvalue weighted by Crippen LogP contribution is 2.50. The molecule has 1 aliphatic rings. The van der Waals surface area contributed by atoms with Crippen molar-refractivity contribution in [3.63, 3.8) is 0 Å². The van der Waals surface area contributed by atoms with Crippen molar-refractivity contribution in [3.8, 4) is 5.75 Å². The molecule has 0 saturated heterocycles. The minimum absolute atomic E-state index is 0.197. The van der Waals surface area contributed by atoms with Crippen LogP contribution in [0, 0.1) is 0 Å². The highest BCUT2D eigenvalue weighted by Gasteiger charge is 2.48. The molecule has 1 aliphatic heterocycles. The van der Waals surface area contributed by atoms with Crippen molar-refractivity contribution < 1.29 is 9.53 Å². The minimum atomic E-state index is -0.790. The summed E-state index contributed by atoms with van der Waals surface area (Å²) >= 11 is 0. The molecule has 0 fully saturated rings. The van der Waals surface area contributed by atoms with E-state index in [9.17, 15) is 4.79 Å². The maximum atomic E-state index is 12.4. The van der Waals surface area contributed by atoms with E-state index in [4.69, 9.17) is 10.6 Å². The summed E-state index contributed by atoms with van der Waals surface area (Å²) in [7, 11) is 1.66. The van der Waals surface area contributed by atoms with Gasteiger partial charge in [-0.1, -0.05) is 19.1 Å². The summed E-state index contributed by atoms with van der Waals surface area (Å²) in [5, 5.41) is 0. The second kappa shape index (κ2) is 5.47. The van der Waals surface area contributed by atoms with Crippen LogP contribution >= 0.6 is 0 Å². The molecule has 0 unspecified atom stereocenters. The van der Waals surface area contributed by atoms with Crippen LogP contribution in [0.15, 0.2) is 18.2 Å². The van der Waals surface area contributed by atoms with E-state index in [0.717, 1.165) is 17.9 Å². The quantitative estimate of drug-likeness (QED) is 0.511. The Morgan fingerprint density at radius 2 is 2.09 bits per heavy atom. The zero-order valence-electron chi connectivity index (χ0n) is 14.4. The molecule has 1 amide bonds. The van der Waals surface area contributed by atoms with Gasteiger partial charge >= 0.3 is 0 Å². The third kappa shape index (κ3) is 2.43. The first-order chi connectivity index (χ1) is 10.2.